The molecule has 0 aliphatic carbocycles. The number of para-hydroxylation sites is 1. The average molecular weight is 219 g/mol. The van der Waals surface area contributed by atoms with E-state index in [1.165, 1.54) is 0 Å². The molecule has 0 aliphatic rings. The van der Waals surface area contributed by atoms with Crippen molar-refractivity contribution < 1.29 is 5.79 Å². The van der Waals surface area contributed by atoms with Crippen molar-refractivity contribution >= 4 is 32.7 Å². The number of hydrogen-bond donors (Lipinski definition) is 0. The summed E-state index contributed by atoms with van der Waals surface area (Å²) in [4.78, 5) is 0. The van der Waals surface area contributed by atoms with Gasteiger partial charge in [-0.25, -0.2) is 0 Å². The molecule has 17 heavy (non-hydrogen) atoms. The molecule has 0 radical (unpaired) electrons. The first kappa shape index (κ1) is 7.91. The van der Waals surface area contributed by atoms with Crippen LogP contribution in [0.4, 0.5) is 0 Å². The van der Waals surface area contributed by atoms with Gasteiger partial charge in [0, 0.05) is 16.2 Å². The lowest BCUT2D eigenvalue weighted by Gasteiger charge is -1.97. The van der Waals surface area contributed by atoms with Crippen molar-refractivity contribution in [3.63, 3.8) is 0 Å². The van der Waals surface area contributed by atoms with E-state index in [-0.39, 0.29) is 0 Å². The molecule has 0 saturated heterocycles. The molecule has 0 spiro atoms. The minimum absolute atomic E-state index is 0.546. The Kier molecular flexibility index (Phi) is 1.45. The maximum atomic E-state index is 8.12. The van der Waals surface area contributed by atoms with Gasteiger partial charge in [-0.15, -0.1) is 0 Å². The average Bonchev–Trinajstić information content (AvgIpc) is 2.78. The van der Waals surface area contributed by atoms with Gasteiger partial charge in [-0.2, -0.15) is 0 Å². The zero-order chi connectivity index (χ0) is 12.1. The Hall–Kier alpha value is -2.28. The van der Waals surface area contributed by atoms with Crippen molar-refractivity contribution in [1.29, 1.82) is 0 Å². The van der Waals surface area contributed by atoms with Gasteiger partial charge in [-0.05, 0) is 17.5 Å². The fraction of sp³-hybridized carbons (Fsp3) is 0. The zero-order valence-electron chi connectivity index (χ0n) is 10.1. The van der Waals surface area contributed by atoms with Crippen molar-refractivity contribution in [2.24, 2.45) is 0 Å². The van der Waals surface area contributed by atoms with Gasteiger partial charge < -0.3 is 4.42 Å². The van der Waals surface area contributed by atoms with Crippen molar-refractivity contribution in [2.75, 3.05) is 0 Å². The van der Waals surface area contributed by atoms with Crippen LogP contribution in [-0.2, 0) is 0 Å². The summed E-state index contributed by atoms with van der Waals surface area (Å²) < 4.78 is 14.1. The first-order valence-electron chi connectivity index (χ1n) is 6.14. The SMILES string of the molecule is [2H]c1cc2c3ccccc3oc2c2ccccc12. The summed E-state index contributed by atoms with van der Waals surface area (Å²) in [6.45, 7) is 0. The molecule has 4 rings (SSSR count). The van der Waals surface area contributed by atoms with Crippen LogP contribution in [0, 0.1) is 0 Å². The number of hydrogen-bond acceptors (Lipinski definition) is 1. The number of furan rings is 1. The standard InChI is InChI=1S/C16H10O/c1-2-6-12-11(5-1)9-10-14-13-7-3-4-8-15(13)17-16(12)14/h1-10H/i9D. The number of rotatable bonds is 0. The van der Waals surface area contributed by atoms with E-state index in [9.17, 15) is 0 Å². The van der Waals surface area contributed by atoms with Gasteiger partial charge in [0.05, 0.1) is 1.37 Å². The highest BCUT2D eigenvalue weighted by Gasteiger charge is 2.08. The van der Waals surface area contributed by atoms with E-state index in [4.69, 9.17) is 5.79 Å². The van der Waals surface area contributed by atoms with Crippen LogP contribution in [0.3, 0.4) is 0 Å². The molecule has 0 aliphatic heterocycles. The highest BCUT2D eigenvalue weighted by molar-refractivity contribution is 6.14. The molecule has 3 aromatic carbocycles. The lowest BCUT2D eigenvalue weighted by atomic mass is 10.1. The van der Waals surface area contributed by atoms with Crippen LogP contribution >= 0.6 is 0 Å². The molecule has 0 amide bonds. The first-order valence-corrected chi connectivity index (χ1v) is 5.64. The lowest BCUT2D eigenvalue weighted by molar-refractivity contribution is 0.672. The second-order valence-electron chi connectivity index (χ2n) is 4.18. The van der Waals surface area contributed by atoms with Crippen LogP contribution < -0.4 is 0 Å². The van der Waals surface area contributed by atoms with Crippen LogP contribution in [0.1, 0.15) is 1.37 Å². The highest BCUT2D eigenvalue weighted by Crippen LogP contribution is 2.33. The second-order valence-corrected chi connectivity index (χ2v) is 4.18. The van der Waals surface area contributed by atoms with Crippen molar-refractivity contribution in [2.45, 2.75) is 0 Å². The highest BCUT2D eigenvalue weighted by atomic mass is 16.3. The molecule has 1 nitrogen and oxygen atoms in total. The Morgan fingerprint density at radius 1 is 0.765 bits per heavy atom. The molecule has 0 saturated carbocycles. The van der Waals surface area contributed by atoms with Gasteiger partial charge in [-0.3, -0.25) is 0 Å². The Morgan fingerprint density at radius 3 is 2.47 bits per heavy atom. The first-order chi connectivity index (χ1) is 8.84. The quantitative estimate of drug-likeness (QED) is 0.416. The van der Waals surface area contributed by atoms with E-state index >= 15 is 0 Å². The summed E-state index contributed by atoms with van der Waals surface area (Å²) in [5, 5.41) is 4.04. The molecule has 1 heteroatoms. The molecule has 0 fully saturated rings. The van der Waals surface area contributed by atoms with Gasteiger partial charge in [0.25, 0.3) is 0 Å². The van der Waals surface area contributed by atoms with Crippen molar-refractivity contribution in [3.8, 4) is 0 Å². The van der Waals surface area contributed by atoms with Gasteiger partial charge in [0.2, 0.25) is 0 Å². The fourth-order valence-corrected chi connectivity index (χ4v) is 2.37. The van der Waals surface area contributed by atoms with E-state index in [1.807, 2.05) is 54.6 Å². The predicted octanol–water partition coefficient (Wildman–Crippen LogP) is 4.74. The monoisotopic (exact) mass is 219 g/mol. The third kappa shape index (κ3) is 1.14. The molecule has 80 valence electrons. The molecule has 0 N–H and O–H groups in total. The number of fused-ring (bicyclic) bond motifs is 5. The largest absolute Gasteiger partial charge is 0.455 e. The molecule has 0 unspecified atom stereocenters. The summed E-state index contributed by atoms with van der Waals surface area (Å²) in [6, 6.07) is 18.3. The molecular formula is C16H10O. The summed E-state index contributed by atoms with van der Waals surface area (Å²) >= 11 is 0. The van der Waals surface area contributed by atoms with Crippen LogP contribution in [0.5, 0.6) is 0 Å². The Morgan fingerprint density at radius 2 is 1.53 bits per heavy atom. The molecule has 0 bridgehead atoms. The molecule has 0 atom stereocenters. The minimum atomic E-state index is 0.546. The maximum Gasteiger partial charge on any atom is 0.143 e. The van der Waals surface area contributed by atoms with E-state index in [1.54, 1.807) is 0 Å². The van der Waals surface area contributed by atoms with E-state index in [2.05, 4.69) is 0 Å². The predicted molar refractivity (Wildman–Crippen MR) is 71.2 cm³/mol. The summed E-state index contributed by atoms with van der Waals surface area (Å²) in [5.41, 5.74) is 1.76. The molecule has 1 heterocycles. The van der Waals surface area contributed by atoms with Gasteiger partial charge in [0.15, 0.2) is 0 Å². The fourth-order valence-electron chi connectivity index (χ4n) is 2.37. The summed E-state index contributed by atoms with van der Waals surface area (Å²) in [6.07, 6.45) is 0. The van der Waals surface area contributed by atoms with E-state index in [0.29, 0.717) is 6.04 Å². The topological polar surface area (TPSA) is 13.1 Å². The van der Waals surface area contributed by atoms with Gasteiger partial charge in [0.1, 0.15) is 11.2 Å². The molecule has 4 aromatic rings. The third-order valence-electron chi connectivity index (χ3n) is 3.18. The second kappa shape index (κ2) is 3.11. The number of benzene rings is 3. The van der Waals surface area contributed by atoms with Crippen LogP contribution in [0.15, 0.2) is 65.1 Å². The van der Waals surface area contributed by atoms with Crippen molar-refractivity contribution in [1.82, 2.24) is 0 Å². The van der Waals surface area contributed by atoms with Gasteiger partial charge >= 0.3 is 0 Å². The minimum Gasteiger partial charge on any atom is -0.455 e. The van der Waals surface area contributed by atoms with Crippen molar-refractivity contribution in [3.05, 3.63) is 60.6 Å². The van der Waals surface area contributed by atoms with Crippen LogP contribution in [-0.4, -0.2) is 0 Å². The smallest absolute Gasteiger partial charge is 0.143 e. The van der Waals surface area contributed by atoms with E-state index < -0.39 is 0 Å². The van der Waals surface area contributed by atoms with Crippen LogP contribution in [0.25, 0.3) is 32.7 Å². The van der Waals surface area contributed by atoms with E-state index in [0.717, 1.165) is 32.7 Å². The molecule has 1 aromatic heterocycles. The zero-order valence-corrected chi connectivity index (χ0v) is 9.10. The molecular weight excluding hydrogens is 208 g/mol. The Bertz CT molecular complexity index is 889. The van der Waals surface area contributed by atoms with Gasteiger partial charge in [-0.1, -0.05) is 48.5 Å². The summed E-state index contributed by atoms with van der Waals surface area (Å²) in [7, 11) is 0. The van der Waals surface area contributed by atoms with Crippen LogP contribution in [0.2, 0.25) is 0 Å². The lowest BCUT2D eigenvalue weighted by Crippen LogP contribution is -1.72. The summed E-state index contributed by atoms with van der Waals surface area (Å²) in [5.74, 6) is 0. The normalized spacial score (nSPS) is 12.4. The maximum absolute atomic E-state index is 8.12. The Balaban J connectivity index is 2.36. The third-order valence-corrected chi connectivity index (χ3v) is 3.18. The Labute approximate surface area is 99.7 Å².